The topological polar surface area (TPSA) is 63.2 Å². The maximum atomic E-state index is 11.2. The van der Waals surface area contributed by atoms with E-state index in [-0.39, 0.29) is 12.5 Å². The zero-order valence-corrected chi connectivity index (χ0v) is 12.0. The smallest absolute Gasteiger partial charge is 0.264 e. The van der Waals surface area contributed by atoms with Gasteiger partial charge in [0.15, 0.2) is 0 Å². The number of nitrogens with zero attached hydrogens (tertiary/aromatic N) is 1. The van der Waals surface area contributed by atoms with Crippen molar-refractivity contribution in [1.29, 1.82) is 0 Å². The van der Waals surface area contributed by atoms with Gasteiger partial charge in [-0.25, -0.2) is 4.98 Å². The molecule has 0 aliphatic heterocycles. The fourth-order valence-corrected chi connectivity index (χ4v) is 1.14. The molecule has 0 atom stereocenters. The molecule has 1 rings (SSSR count). The predicted octanol–water partition coefficient (Wildman–Crippen LogP) is 2.55. The van der Waals surface area contributed by atoms with Crippen molar-refractivity contribution in [2.24, 2.45) is 0 Å². The summed E-state index contributed by atoms with van der Waals surface area (Å²) in [7, 11) is 0. The molecule has 0 bridgehead atoms. The third kappa shape index (κ3) is 5.84. The van der Waals surface area contributed by atoms with E-state index in [2.05, 4.69) is 15.8 Å². The molecule has 0 saturated carbocycles. The highest BCUT2D eigenvalue weighted by Gasteiger charge is 2.04. The van der Waals surface area contributed by atoms with Crippen LogP contribution in [0.1, 0.15) is 26.3 Å². The number of carbonyl (C=O) groups is 1. The lowest BCUT2D eigenvalue weighted by atomic mass is 10.3. The molecule has 1 amide bonds. The van der Waals surface area contributed by atoms with Gasteiger partial charge in [-0.1, -0.05) is 25.4 Å². The van der Waals surface area contributed by atoms with E-state index in [0.717, 1.165) is 5.56 Å². The van der Waals surface area contributed by atoms with Gasteiger partial charge in [-0.2, -0.15) is 0 Å². The Balaban J connectivity index is 0.00000137. The molecule has 5 nitrogen and oxygen atoms in total. The van der Waals surface area contributed by atoms with E-state index in [1.807, 2.05) is 27.7 Å². The molecule has 0 spiro atoms. The fraction of sp³-hybridized carbons (Fsp3) is 0.500. The van der Waals surface area contributed by atoms with Crippen LogP contribution in [-0.2, 0) is 9.53 Å². The SMILES string of the molecule is CC.CCOCC(=O)NNc1nccc(Cl)c1C. The quantitative estimate of drug-likeness (QED) is 0.810. The molecule has 0 fully saturated rings. The number of nitrogens with one attached hydrogen (secondary N) is 2. The fourth-order valence-electron chi connectivity index (χ4n) is 0.998. The lowest BCUT2D eigenvalue weighted by Crippen LogP contribution is -2.33. The molecule has 1 heterocycles. The van der Waals surface area contributed by atoms with Crippen LogP contribution in [0.5, 0.6) is 0 Å². The summed E-state index contributed by atoms with van der Waals surface area (Å²) in [5.74, 6) is 0.264. The molecule has 6 heteroatoms. The Hall–Kier alpha value is -1.33. The lowest BCUT2D eigenvalue weighted by molar-refractivity contribution is -0.125. The van der Waals surface area contributed by atoms with E-state index in [1.165, 1.54) is 0 Å². The first-order valence-electron chi connectivity index (χ1n) is 5.88. The average molecular weight is 274 g/mol. The largest absolute Gasteiger partial charge is 0.372 e. The van der Waals surface area contributed by atoms with Gasteiger partial charge in [0, 0.05) is 23.4 Å². The molecular formula is C12H20ClN3O2. The number of ether oxygens (including phenoxy) is 1. The standard InChI is InChI=1S/C10H14ClN3O2.C2H6/c1-3-16-6-9(15)13-14-10-7(2)8(11)4-5-12-10;1-2/h4-5H,3,6H2,1-2H3,(H,12,14)(H,13,15);1-2H3. The molecule has 1 aromatic heterocycles. The summed E-state index contributed by atoms with van der Waals surface area (Å²) in [5.41, 5.74) is 5.93. The van der Waals surface area contributed by atoms with Crippen LogP contribution in [0.15, 0.2) is 12.3 Å². The van der Waals surface area contributed by atoms with Gasteiger partial charge in [-0.3, -0.25) is 15.6 Å². The average Bonchev–Trinajstić information content (AvgIpc) is 2.40. The van der Waals surface area contributed by atoms with Crippen molar-refractivity contribution in [1.82, 2.24) is 10.4 Å². The van der Waals surface area contributed by atoms with Crippen molar-refractivity contribution < 1.29 is 9.53 Å². The monoisotopic (exact) mass is 273 g/mol. The van der Waals surface area contributed by atoms with Gasteiger partial charge in [0.25, 0.3) is 5.91 Å². The number of rotatable bonds is 5. The Morgan fingerprint density at radius 2 is 2.17 bits per heavy atom. The maximum absolute atomic E-state index is 11.2. The Morgan fingerprint density at radius 1 is 1.50 bits per heavy atom. The number of hydrogen-bond acceptors (Lipinski definition) is 4. The Kier molecular flexibility index (Phi) is 8.96. The summed E-state index contributed by atoms with van der Waals surface area (Å²) in [6, 6.07) is 1.68. The van der Waals surface area contributed by atoms with Crippen molar-refractivity contribution in [3.8, 4) is 0 Å². The van der Waals surface area contributed by atoms with Crippen LogP contribution >= 0.6 is 11.6 Å². The molecule has 0 radical (unpaired) electrons. The van der Waals surface area contributed by atoms with Crippen LogP contribution in [0.3, 0.4) is 0 Å². The highest BCUT2D eigenvalue weighted by Crippen LogP contribution is 2.19. The van der Waals surface area contributed by atoms with E-state index in [9.17, 15) is 4.79 Å². The predicted molar refractivity (Wildman–Crippen MR) is 73.6 cm³/mol. The third-order valence-corrected chi connectivity index (χ3v) is 2.31. The number of hydrazine groups is 1. The summed E-state index contributed by atoms with van der Waals surface area (Å²) in [6.07, 6.45) is 1.56. The number of hydrogen-bond donors (Lipinski definition) is 2. The minimum absolute atomic E-state index is 0.0170. The number of amides is 1. The molecule has 0 unspecified atom stereocenters. The van der Waals surface area contributed by atoms with Crippen LogP contribution in [-0.4, -0.2) is 24.1 Å². The van der Waals surface area contributed by atoms with Gasteiger partial charge < -0.3 is 4.74 Å². The minimum Gasteiger partial charge on any atom is -0.372 e. The highest BCUT2D eigenvalue weighted by atomic mass is 35.5. The molecule has 102 valence electrons. The Bertz CT molecular complexity index is 372. The van der Waals surface area contributed by atoms with E-state index in [0.29, 0.717) is 17.4 Å². The lowest BCUT2D eigenvalue weighted by Gasteiger charge is -2.10. The Labute approximate surface area is 113 Å². The summed E-state index contributed by atoms with van der Waals surface area (Å²) < 4.78 is 4.94. The molecule has 0 saturated heterocycles. The van der Waals surface area contributed by atoms with Crippen molar-refractivity contribution >= 4 is 23.3 Å². The van der Waals surface area contributed by atoms with Crippen molar-refractivity contribution in [3.05, 3.63) is 22.8 Å². The zero-order valence-electron chi connectivity index (χ0n) is 11.2. The second-order valence-corrected chi connectivity index (χ2v) is 3.48. The first kappa shape index (κ1) is 16.7. The van der Waals surface area contributed by atoms with Gasteiger partial charge in [-0.05, 0) is 19.9 Å². The van der Waals surface area contributed by atoms with Crippen molar-refractivity contribution in [2.75, 3.05) is 18.6 Å². The van der Waals surface area contributed by atoms with Crippen LogP contribution in [0.4, 0.5) is 5.82 Å². The molecular weight excluding hydrogens is 254 g/mol. The normalized spacial score (nSPS) is 9.17. The Morgan fingerprint density at radius 3 is 2.78 bits per heavy atom. The van der Waals surface area contributed by atoms with Crippen molar-refractivity contribution in [2.45, 2.75) is 27.7 Å². The van der Waals surface area contributed by atoms with Gasteiger partial charge in [0.05, 0.1) is 0 Å². The minimum atomic E-state index is -0.261. The number of anilines is 1. The third-order valence-electron chi connectivity index (χ3n) is 1.90. The number of aromatic nitrogens is 1. The first-order chi connectivity index (χ1) is 8.65. The molecule has 2 N–H and O–H groups in total. The van der Waals surface area contributed by atoms with E-state index >= 15 is 0 Å². The second kappa shape index (κ2) is 9.67. The van der Waals surface area contributed by atoms with Gasteiger partial charge in [0.1, 0.15) is 12.4 Å². The van der Waals surface area contributed by atoms with Crippen LogP contribution in [0.2, 0.25) is 5.02 Å². The molecule has 0 aliphatic carbocycles. The molecule has 1 aromatic rings. The highest BCUT2D eigenvalue weighted by molar-refractivity contribution is 6.31. The van der Waals surface area contributed by atoms with Crippen molar-refractivity contribution in [3.63, 3.8) is 0 Å². The maximum Gasteiger partial charge on any atom is 0.264 e. The second-order valence-electron chi connectivity index (χ2n) is 3.08. The molecule has 0 aromatic carbocycles. The summed E-state index contributed by atoms with van der Waals surface area (Å²) in [5, 5.41) is 0.594. The van der Waals surface area contributed by atoms with E-state index < -0.39 is 0 Å². The summed E-state index contributed by atoms with van der Waals surface area (Å²) in [4.78, 5) is 15.3. The summed E-state index contributed by atoms with van der Waals surface area (Å²) >= 11 is 5.90. The number of halogens is 1. The van der Waals surface area contributed by atoms with E-state index in [1.54, 1.807) is 12.3 Å². The summed E-state index contributed by atoms with van der Waals surface area (Å²) in [6.45, 7) is 8.15. The molecule has 0 aliphatic rings. The number of pyridine rings is 1. The van der Waals surface area contributed by atoms with E-state index in [4.69, 9.17) is 16.3 Å². The van der Waals surface area contributed by atoms with Crippen LogP contribution in [0.25, 0.3) is 0 Å². The van der Waals surface area contributed by atoms with Gasteiger partial charge >= 0.3 is 0 Å². The van der Waals surface area contributed by atoms with Gasteiger partial charge in [0.2, 0.25) is 0 Å². The van der Waals surface area contributed by atoms with Crippen LogP contribution < -0.4 is 10.9 Å². The van der Waals surface area contributed by atoms with Crippen LogP contribution in [0, 0.1) is 6.92 Å². The number of carbonyl (C=O) groups excluding carboxylic acids is 1. The molecule has 18 heavy (non-hydrogen) atoms. The van der Waals surface area contributed by atoms with Gasteiger partial charge in [-0.15, -0.1) is 0 Å². The first-order valence-corrected chi connectivity index (χ1v) is 6.26. The zero-order chi connectivity index (χ0) is 14.0.